The number of rotatable bonds is 6. The maximum atomic E-state index is 12.3. The Labute approximate surface area is 134 Å². The van der Waals surface area contributed by atoms with Crippen molar-refractivity contribution >= 4 is 23.2 Å². The van der Waals surface area contributed by atoms with Crippen molar-refractivity contribution in [2.45, 2.75) is 0 Å². The normalized spacial score (nSPS) is 10.0. The molecule has 6 nitrogen and oxygen atoms in total. The van der Waals surface area contributed by atoms with Crippen LogP contribution in [0.4, 0.5) is 11.4 Å². The van der Waals surface area contributed by atoms with Gasteiger partial charge in [0.25, 0.3) is 5.91 Å². The van der Waals surface area contributed by atoms with E-state index >= 15 is 0 Å². The molecular formula is C17H18N2O4. The number of nitrogens with one attached hydrogen (secondary N) is 2. The molecule has 0 heterocycles. The van der Waals surface area contributed by atoms with E-state index in [2.05, 4.69) is 10.6 Å². The largest absolute Gasteiger partial charge is 0.496 e. The van der Waals surface area contributed by atoms with Gasteiger partial charge in [-0.3, -0.25) is 9.59 Å². The predicted octanol–water partition coefficient (Wildman–Crippen LogP) is 2.53. The highest BCUT2D eigenvalue weighted by Crippen LogP contribution is 2.20. The maximum Gasteiger partial charge on any atom is 0.259 e. The molecule has 0 bridgehead atoms. The third-order valence-electron chi connectivity index (χ3n) is 3.03. The Balaban J connectivity index is 2.11. The van der Waals surface area contributed by atoms with Crippen molar-refractivity contribution in [2.75, 3.05) is 31.5 Å². The van der Waals surface area contributed by atoms with E-state index in [1.807, 2.05) is 0 Å². The lowest BCUT2D eigenvalue weighted by molar-refractivity contribution is -0.119. The van der Waals surface area contributed by atoms with Gasteiger partial charge in [0, 0.05) is 18.5 Å². The van der Waals surface area contributed by atoms with Crippen molar-refractivity contribution < 1.29 is 19.1 Å². The van der Waals surface area contributed by atoms with E-state index in [0.717, 1.165) is 0 Å². The van der Waals surface area contributed by atoms with Crippen LogP contribution < -0.4 is 15.4 Å². The molecule has 0 aromatic heterocycles. The van der Waals surface area contributed by atoms with Crippen LogP contribution in [0.15, 0.2) is 48.5 Å². The second-order valence-corrected chi connectivity index (χ2v) is 4.72. The first-order valence-electron chi connectivity index (χ1n) is 6.97. The zero-order valence-corrected chi connectivity index (χ0v) is 13.0. The van der Waals surface area contributed by atoms with Gasteiger partial charge in [-0.1, -0.05) is 18.2 Å². The second-order valence-electron chi connectivity index (χ2n) is 4.72. The standard InChI is InChI=1S/C17H18N2O4/c1-22-11-16(20)18-12-6-5-7-13(10-12)19-17(21)14-8-3-4-9-15(14)23-2/h3-10H,11H2,1-2H3,(H,18,20)(H,19,21). The summed E-state index contributed by atoms with van der Waals surface area (Å²) < 4.78 is 9.93. The highest BCUT2D eigenvalue weighted by atomic mass is 16.5. The predicted molar refractivity (Wildman–Crippen MR) is 87.9 cm³/mol. The molecule has 0 aliphatic rings. The number of benzene rings is 2. The Hall–Kier alpha value is -2.86. The SMILES string of the molecule is COCC(=O)Nc1cccc(NC(=O)c2ccccc2OC)c1. The van der Waals surface area contributed by atoms with Crippen LogP contribution in [0.1, 0.15) is 10.4 Å². The molecule has 120 valence electrons. The number of para-hydroxylation sites is 1. The van der Waals surface area contributed by atoms with Gasteiger partial charge in [-0.25, -0.2) is 0 Å². The molecule has 0 saturated heterocycles. The lowest BCUT2D eigenvalue weighted by Crippen LogP contribution is -2.17. The number of hydrogen-bond donors (Lipinski definition) is 2. The fourth-order valence-electron chi connectivity index (χ4n) is 2.03. The monoisotopic (exact) mass is 314 g/mol. The lowest BCUT2D eigenvalue weighted by Gasteiger charge is -2.10. The number of carbonyl (C=O) groups excluding carboxylic acids is 2. The van der Waals surface area contributed by atoms with E-state index in [1.54, 1.807) is 48.5 Å². The zero-order valence-electron chi connectivity index (χ0n) is 13.0. The summed E-state index contributed by atoms with van der Waals surface area (Å²) in [5, 5.41) is 5.46. The highest BCUT2D eigenvalue weighted by Gasteiger charge is 2.12. The Morgan fingerprint density at radius 3 is 2.35 bits per heavy atom. The maximum absolute atomic E-state index is 12.3. The molecule has 2 aromatic rings. The van der Waals surface area contributed by atoms with Crippen molar-refractivity contribution in [3.05, 3.63) is 54.1 Å². The van der Waals surface area contributed by atoms with Crippen LogP contribution in [0.2, 0.25) is 0 Å². The van der Waals surface area contributed by atoms with E-state index in [-0.39, 0.29) is 18.4 Å². The molecule has 2 aromatic carbocycles. The quantitative estimate of drug-likeness (QED) is 0.859. The average molecular weight is 314 g/mol. The first kappa shape index (κ1) is 16.5. The minimum absolute atomic E-state index is 0.0300. The Morgan fingerprint density at radius 1 is 0.957 bits per heavy atom. The van der Waals surface area contributed by atoms with E-state index < -0.39 is 0 Å². The van der Waals surface area contributed by atoms with Gasteiger partial charge in [-0.05, 0) is 30.3 Å². The summed E-state index contributed by atoms with van der Waals surface area (Å²) in [5.41, 5.74) is 1.57. The van der Waals surface area contributed by atoms with Crippen molar-refractivity contribution in [3.63, 3.8) is 0 Å². The van der Waals surface area contributed by atoms with Gasteiger partial charge in [0.15, 0.2) is 0 Å². The van der Waals surface area contributed by atoms with Crippen molar-refractivity contribution in [1.82, 2.24) is 0 Å². The molecule has 2 N–H and O–H groups in total. The molecule has 0 saturated carbocycles. The van der Waals surface area contributed by atoms with Crippen molar-refractivity contribution in [2.24, 2.45) is 0 Å². The molecule has 0 unspecified atom stereocenters. The number of hydrogen-bond acceptors (Lipinski definition) is 4. The summed E-state index contributed by atoms with van der Waals surface area (Å²) in [7, 11) is 2.96. The Morgan fingerprint density at radius 2 is 1.65 bits per heavy atom. The fourth-order valence-corrected chi connectivity index (χ4v) is 2.03. The molecule has 0 atom stereocenters. The average Bonchev–Trinajstić information content (AvgIpc) is 2.55. The zero-order chi connectivity index (χ0) is 16.7. The number of ether oxygens (including phenoxy) is 2. The van der Waals surface area contributed by atoms with Crippen LogP contribution >= 0.6 is 0 Å². The Bertz CT molecular complexity index is 700. The summed E-state index contributed by atoms with van der Waals surface area (Å²) in [6.07, 6.45) is 0. The van der Waals surface area contributed by atoms with Gasteiger partial charge >= 0.3 is 0 Å². The third kappa shape index (κ3) is 4.55. The van der Waals surface area contributed by atoms with Gasteiger partial charge in [0.2, 0.25) is 5.91 Å². The molecule has 0 fully saturated rings. The van der Waals surface area contributed by atoms with Gasteiger partial charge < -0.3 is 20.1 Å². The molecule has 0 spiro atoms. The molecular weight excluding hydrogens is 296 g/mol. The molecule has 6 heteroatoms. The number of anilines is 2. The molecule has 2 amide bonds. The van der Waals surface area contributed by atoms with E-state index in [1.165, 1.54) is 14.2 Å². The molecule has 23 heavy (non-hydrogen) atoms. The summed E-state index contributed by atoms with van der Waals surface area (Å²) in [6, 6.07) is 13.8. The summed E-state index contributed by atoms with van der Waals surface area (Å²) in [6.45, 7) is -0.0300. The number of methoxy groups -OCH3 is 2. The minimum atomic E-state index is -0.289. The van der Waals surface area contributed by atoms with Gasteiger partial charge in [0.1, 0.15) is 12.4 Å². The smallest absolute Gasteiger partial charge is 0.259 e. The van der Waals surface area contributed by atoms with Gasteiger partial charge in [-0.15, -0.1) is 0 Å². The van der Waals surface area contributed by atoms with E-state index in [9.17, 15) is 9.59 Å². The number of carbonyl (C=O) groups is 2. The minimum Gasteiger partial charge on any atom is -0.496 e. The van der Waals surface area contributed by atoms with Crippen LogP contribution in [0.25, 0.3) is 0 Å². The van der Waals surface area contributed by atoms with Crippen molar-refractivity contribution in [3.8, 4) is 5.75 Å². The first-order chi connectivity index (χ1) is 11.1. The lowest BCUT2D eigenvalue weighted by atomic mass is 10.2. The van der Waals surface area contributed by atoms with Crippen LogP contribution in [0.3, 0.4) is 0 Å². The molecule has 0 aliphatic carbocycles. The summed E-state index contributed by atoms with van der Waals surface area (Å²) >= 11 is 0. The highest BCUT2D eigenvalue weighted by molar-refractivity contribution is 6.06. The van der Waals surface area contributed by atoms with Gasteiger partial charge in [-0.2, -0.15) is 0 Å². The van der Waals surface area contributed by atoms with Crippen LogP contribution in [0, 0.1) is 0 Å². The number of amides is 2. The second kappa shape index (κ2) is 7.95. The van der Waals surface area contributed by atoms with Gasteiger partial charge in [0.05, 0.1) is 12.7 Å². The first-order valence-corrected chi connectivity index (χ1v) is 6.97. The Kier molecular flexibility index (Phi) is 5.71. The van der Waals surface area contributed by atoms with Crippen LogP contribution in [-0.4, -0.2) is 32.6 Å². The third-order valence-corrected chi connectivity index (χ3v) is 3.03. The molecule has 0 aliphatic heterocycles. The van der Waals surface area contributed by atoms with Crippen LogP contribution in [0.5, 0.6) is 5.75 Å². The van der Waals surface area contributed by atoms with Crippen LogP contribution in [-0.2, 0) is 9.53 Å². The summed E-state index contributed by atoms with van der Waals surface area (Å²) in [5.74, 6) is -0.0573. The molecule has 0 radical (unpaired) electrons. The van der Waals surface area contributed by atoms with E-state index in [0.29, 0.717) is 22.7 Å². The fraction of sp³-hybridized carbons (Fsp3) is 0.176. The summed E-state index contributed by atoms with van der Waals surface area (Å²) in [4.78, 5) is 23.8. The van der Waals surface area contributed by atoms with E-state index in [4.69, 9.17) is 9.47 Å². The van der Waals surface area contributed by atoms with Crippen molar-refractivity contribution in [1.29, 1.82) is 0 Å². The topological polar surface area (TPSA) is 76.7 Å². The molecule has 2 rings (SSSR count).